The van der Waals surface area contributed by atoms with Crippen LogP contribution in [0, 0.1) is 6.92 Å². The van der Waals surface area contributed by atoms with Gasteiger partial charge in [-0.3, -0.25) is 0 Å². The second kappa shape index (κ2) is 7.11. The summed E-state index contributed by atoms with van der Waals surface area (Å²) in [7, 11) is 3.73. The van der Waals surface area contributed by atoms with Gasteiger partial charge in [-0.05, 0) is 55.6 Å². The van der Waals surface area contributed by atoms with Crippen molar-refractivity contribution in [2.24, 2.45) is 0 Å². The summed E-state index contributed by atoms with van der Waals surface area (Å²) in [5.74, 6) is 0.911. The fourth-order valence-corrected chi connectivity index (χ4v) is 2.43. The Hall–Kier alpha value is -1.80. The highest BCUT2D eigenvalue weighted by atomic mass is 16.5. The summed E-state index contributed by atoms with van der Waals surface area (Å²) in [6.45, 7) is 2.18. The first-order valence-electron chi connectivity index (χ1n) is 7.07. The van der Waals surface area contributed by atoms with E-state index < -0.39 is 0 Å². The van der Waals surface area contributed by atoms with Gasteiger partial charge in [0.15, 0.2) is 0 Å². The monoisotopic (exact) mass is 269 g/mol. The quantitative estimate of drug-likeness (QED) is 0.868. The topological polar surface area (TPSA) is 21.3 Å². The second-order valence-electron chi connectivity index (χ2n) is 5.17. The zero-order valence-corrected chi connectivity index (χ0v) is 12.5. The van der Waals surface area contributed by atoms with Gasteiger partial charge < -0.3 is 10.1 Å². The van der Waals surface area contributed by atoms with Crippen LogP contribution in [0.15, 0.2) is 48.5 Å². The van der Waals surface area contributed by atoms with Crippen molar-refractivity contribution in [2.45, 2.75) is 25.8 Å². The van der Waals surface area contributed by atoms with E-state index in [0.29, 0.717) is 6.04 Å². The standard InChI is InChI=1S/C18H23NO/c1-14-6-4-5-7-16(14)13-17(19-2)12-15-8-10-18(20-3)11-9-15/h4-11,17,19H,12-13H2,1-3H3. The number of hydrogen-bond acceptors (Lipinski definition) is 2. The molecule has 106 valence electrons. The summed E-state index contributed by atoms with van der Waals surface area (Å²) >= 11 is 0. The summed E-state index contributed by atoms with van der Waals surface area (Å²) in [5.41, 5.74) is 4.11. The number of benzene rings is 2. The highest BCUT2D eigenvalue weighted by Gasteiger charge is 2.10. The van der Waals surface area contributed by atoms with E-state index in [2.05, 4.69) is 48.6 Å². The molecule has 2 rings (SSSR count). The zero-order chi connectivity index (χ0) is 14.4. The fourth-order valence-electron chi connectivity index (χ4n) is 2.43. The average Bonchev–Trinajstić information content (AvgIpc) is 2.49. The summed E-state index contributed by atoms with van der Waals surface area (Å²) in [6.07, 6.45) is 2.07. The van der Waals surface area contributed by atoms with Gasteiger partial charge in [-0.1, -0.05) is 36.4 Å². The molecule has 0 aliphatic heterocycles. The maximum atomic E-state index is 5.20. The zero-order valence-electron chi connectivity index (χ0n) is 12.5. The number of aryl methyl sites for hydroxylation is 1. The van der Waals surface area contributed by atoms with Crippen molar-refractivity contribution >= 4 is 0 Å². The Morgan fingerprint density at radius 2 is 1.70 bits per heavy atom. The molecule has 1 atom stereocenters. The fraction of sp³-hybridized carbons (Fsp3) is 0.333. The largest absolute Gasteiger partial charge is 0.497 e. The summed E-state index contributed by atoms with van der Waals surface area (Å²) in [5, 5.41) is 3.42. The molecule has 1 unspecified atom stereocenters. The van der Waals surface area contributed by atoms with Crippen LogP contribution in [0.5, 0.6) is 5.75 Å². The lowest BCUT2D eigenvalue weighted by Gasteiger charge is -2.18. The van der Waals surface area contributed by atoms with Crippen molar-refractivity contribution < 1.29 is 4.74 Å². The molecule has 0 amide bonds. The molecule has 0 aromatic heterocycles. The first-order valence-corrected chi connectivity index (χ1v) is 7.07. The van der Waals surface area contributed by atoms with Crippen molar-refractivity contribution in [3.05, 3.63) is 65.2 Å². The van der Waals surface area contributed by atoms with Gasteiger partial charge in [-0.2, -0.15) is 0 Å². The molecule has 0 bridgehead atoms. The van der Waals surface area contributed by atoms with Gasteiger partial charge in [-0.25, -0.2) is 0 Å². The molecule has 0 saturated carbocycles. The van der Waals surface area contributed by atoms with Crippen LogP contribution in [-0.4, -0.2) is 20.2 Å². The molecular weight excluding hydrogens is 246 g/mol. The Balaban J connectivity index is 2.03. The lowest BCUT2D eigenvalue weighted by Crippen LogP contribution is -2.30. The first kappa shape index (κ1) is 14.6. The summed E-state index contributed by atoms with van der Waals surface area (Å²) < 4.78 is 5.20. The molecule has 2 nitrogen and oxygen atoms in total. The minimum atomic E-state index is 0.449. The molecular formula is C18H23NO. The smallest absolute Gasteiger partial charge is 0.118 e. The Labute approximate surface area is 121 Å². The number of hydrogen-bond donors (Lipinski definition) is 1. The van der Waals surface area contributed by atoms with Gasteiger partial charge in [0.05, 0.1) is 7.11 Å². The molecule has 20 heavy (non-hydrogen) atoms. The van der Waals surface area contributed by atoms with Gasteiger partial charge in [0.1, 0.15) is 5.75 Å². The van der Waals surface area contributed by atoms with E-state index >= 15 is 0 Å². The number of ether oxygens (including phenoxy) is 1. The van der Waals surface area contributed by atoms with Crippen molar-refractivity contribution in [3.63, 3.8) is 0 Å². The third-order valence-electron chi connectivity index (χ3n) is 3.78. The predicted octanol–water partition coefficient (Wildman–Crippen LogP) is 3.38. The molecule has 0 aliphatic rings. The van der Waals surface area contributed by atoms with Crippen molar-refractivity contribution in [1.82, 2.24) is 5.32 Å². The highest BCUT2D eigenvalue weighted by Crippen LogP contribution is 2.15. The molecule has 0 fully saturated rings. The van der Waals surface area contributed by atoms with E-state index in [4.69, 9.17) is 4.74 Å². The van der Waals surface area contributed by atoms with E-state index in [1.54, 1.807) is 7.11 Å². The van der Waals surface area contributed by atoms with Gasteiger partial charge >= 0.3 is 0 Å². The Kier molecular flexibility index (Phi) is 5.19. The Morgan fingerprint density at radius 1 is 1.00 bits per heavy atom. The van der Waals surface area contributed by atoms with Crippen LogP contribution in [0.25, 0.3) is 0 Å². The van der Waals surface area contributed by atoms with E-state index in [-0.39, 0.29) is 0 Å². The van der Waals surface area contributed by atoms with Gasteiger partial charge in [0.2, 0.25) is 0 Å². The van der Waals surface area contributed by atoms with E-state index in [1.807, 2.05) is 19.2 Å². The molecule has 0 heterocycles. The highest BCUT2D eigenvalue weighted by molar-refractivity contribution is 5.29. The SMILES string of the molecule is CNC(Cc1ccc(OC)cc1)Cc1ccccc1C. The van der Waals surface area contributed by atoms with Gasteiger partial charge in [-0.15, -0.1) is 0 Å². The molecule has 0 spiro atoms. The van der Waals surface area contributed by atoms with Crippen LogP contribution in [0.1, 0.15) is 16.7 Å². The lowest BCUT2D eigenvalue weighted by atomic mass is 9.96. The third kappa shape index (κ3) is 3.84. The molecule has 2 aromatic rings. The van der Waals surface area contributed by atoms with Crippen molar-refractivity contribution in [1.29, 1.82) is 0 Å². The van der Waals surface area contributed by atoms with Crippen LogP contribution in [0.2, 0.25) is 0 Å². The number of rotatable bonds is 6. The Bertz CT molecular complexity index is 533. The average molecular weight is 269 g/mol. The van der Waals surface area contributed by atoms with E-state index in [1.165, 1.54) is 16.7 Å². The molecule has 2 aromatic carbocycles. The van der Waals surface area contributed by atoms with Gasteiger partial charge in [0, 0.05) is 6.04 Å². The van der Waals surface area contributed by atoms with Crippen LogP contribution >= 0.6 is 0 Å². The second-order valence-corrected chi connectivity index (χ2v) is 5.17. The maximum absolute atomic E-state index is 5.20. The minimum Gasteiger partial charge on any atom is -0.497 e. The first-order chi connectivity index (χ1) is 9.72. The van der Waals surface area contributed by atoms with Crippen LogP contribution in [0.3, 0.4) is 0 Å². The molecule has 2 heteroatoms. The molecule has 0 radical (unpaired) electrons. The number of likely N-dealkylation sites (N-methyl/N-ethyl adjacent to an activating group) is 1. The maximum Gasteiger partial charge on any atom is 0.118 e. The number of methoxy groups -OCH3 is 1. The van der Waals surface area contributed by atoms with Crippen LogP contribution in [0.4, 0.5) is 0 Å². The number of nitrogens with one attached hydrogen (secondary N) is 1. The van der Waals surface area contributed by atoms with Crippen molar-refractivity contribution in [3.8, 4) is 5.75 Å². The minimum absolute atomic E-state index is 0.449. The normalized spacial score (nSPS) is 12.2. The lowest BCUT2D eigenvalue weighted by molar-refractivity contribution is 0.414. The van der Waals surface area contributed by atoms with Gasteiger partial charge in [0.25, 0.3) is 0 Å². The predicted molar refractivity (Wildman–Crippen MR) is 84.4 cm³/mol. The molecule has 0 aliphatic carbocycles. The molecule has 0 saturated heterocycles. The summed E-state index contributed by atoms with van der Waals surface area (Å²) in [6, 6.07) is 17.4. The molecule has 1 N–H and O–H groups in total. The van der Waals surface area contributed by atoms with Crippen LogP contribution < -0.4 is 10.1 Å². The Morgan fingerprint density at radius 3 is 2.30 bits per heavy atom. The van der Waals surface area contributed by atoms with E-state index in [9.17, 15) is 0 Å². The van der Waals surface area contributed by atoms with E-state index in [0.717, 1.165) is 18.6 Å². The summed E-state index contributed by atoms with van der Waals surface area (Å²) in [4.78, 5) is 0. The van der Waals surface area contributed by atoms with Crippen molar-refractivity contribution in [2.75, 3.05) is 14.2 Å². The third-order valence-corrected chi connectivity index (χ3v) is 3.78. The van der Waals surface area contributed by atoms with Crippen LogP contribution in [-0.2, 0) is 12.8 Å².